The van der Waals surface area contributed by atoms with Gasteiger partial charge in [-0.15, -0.1) is 0 Å². The first-order valence-corrected chi connectivity index (χ1v) is 5.49. The van der Waals surface area contributed by atoms with Crippen LogP contribution in [0.1, 0.15) is 46.0 Å². The molecule has 1 saturated carbocycles. The Morgan fingerprint density at radius 3 is 2.23 bits per heavy atom. The summed E-state index contributed by atoms with van der Waals surface area (Å²) < 4.78 is 0. The fraction of sp³-hybridized carbons (Fsp3) is 0.909. The zero-order chi connectivity index (χ0) is 9.68. The molecule has 0 spiro atoms. The molecule has 0 saturated heterocycles. The van der Waals surface area contributed by atoms with Crippen LogP contribution >= 0.6 is 0 Å². The average molecular weight is 182 g/mol. The van der Waals surface area contributed by atoms with Gasteiger partial charge in [-0.05, 0) is 31.6 Å². The maximum absolute atomic E-state index is 5.51. The van der Waals surface area contributed by atoms with E-state index in [4.69, 9.17) is 5.73 Å². The molecule has 0 heterocycles. The van der Waals surface area contributed by atoms with Crippen LogP contribution in [-0.4, -0.2) is 12.4 Å². The van der Waals surface area contributed by atoms with E-state index in [9.17, 15) is 0 Å². The van der Waals surface area contributed by atoms with Crippen molar-refractivity contribution in [1.82, 2.24) is 0 Å². The topological polar surface area (TPSA) is 38.4 Å². The number of nitrogens with zero attached hydrogens (tertiary/aromatic N) is 1. The highest BCUT2D eigenvalue weighted by molar-refractivity contribution is 5.77. The van der Waals surface area contributed by atoms with E-state index >= 15 is 0 Å². The quantitative estimate of drug-likeness (QED) is 0.529. The van der Waals surface area contributed by atoms with Crippen molar-refractivity contribution in [3.63, 3.8) is 0 Å². The van der Waals surface area contributed by atoms with Gasteiger partial charge in [0.1, 0.15) is 0 Å². The number of nitrogens with two attached hydrogens (primary N) is 1. The van der Waals surface area contributed by atoms with E-state index in [2.05, 4.69) is 11.9 Å². The molecule has 1 aliphatic carbocycles. The Bertz CT molecular complexity index is 163. The summed E-state index contributed by atoms with van der Waals surface area (Å²) in [6.07, 6.45) is 6.87. The highest BCUT2D eigenvalue weighted by atomic mass is 14.8. The van der Waals surface area contributed by atoms with Crippen molar-refractivity contribution < 1.29 is 0 Å². The fourth-order valence-electron chi connectivity index (χ4n) is 2.10. The summed E-state index contributed by atoms with van der Waals surface area (Å²) in [4.78, 5) is 4.29. The molecule has 0 aromatic rings. The zero-order valence-electron chi connectivity index (χ0n) is 8.92. The second-order valence-corrected chi connectivity index (χ2v) is 4.28. The molecule has 2 heteroatoms. The van der Waals surface area contributed by atoms with Gasteiger partial charge in [-0.1, -0.05) is 26.2 Å². The van der Waals surface area contributed by atoms with Crippen molar-refractivity contribution >= 4 is 5.84 Å². The minimum atomic E-state index is 0.734. The molecule has 0 aromatic carbocycles. The van der Waals surface area contributed by atoms with Crippen molar-refractivity contribution in [2.45, 2.75) is 46.0 Å². The van der Waals surface area contributed by atoms with E-state index in [0.717, 1.165) is 24.2 Å². The van der Waals surface area contributed by atoms with Gasteiger partial charge in [0.05, 0.1) is 5.84 Å². The third-order valence-electron chi connectivity index (χ3n) is 3.14. The maximum Gasteiger partial charge on any atom is 0.0905 e. The molecule has 0 unspecified atom stereocenters. The van der Waals surface area contributed by atoms with Crippen LogP contribution in [0.5, 0.6) is 0 Å². The van der Waals surface area contributed by atoms with Crippen LogP contribution < -0.4 is 5.73 Å². The van der Waals surface area contributed by atoms with Crippen LogP contribution in [-0.2, 0) is 0 Å². The van der Waals surface area contributed by atoms with Crippen LogP contribution in [0.15, 0.2) is 4.99 Å². The van der Waals surface area contributed by atoms with Gasteiger partial charge in [0.15, 0.2) is 0 Å². The molecule has 0 atom stereocenters. The van der Waals surface area contributed by atoms with Gasteiger partial charge >= 0.3 is 0 Å². The predicted octanol–water partition coefficient (Wildman–Crippen LogP) is 2.58. The van der Waals surface area contributed by atoms with E-state index in [1.807, 2.05) is 6.92 Å². The molecule has 0 aliphatic heterocycles. The Balaban J connectivity index is 2.21. The number of amidine groups is 1. The normalized spacial score (nSPS) is 30.5. The molecule has 76 valence electrons. The lowest BCUT2D eigenvalue weighted by Gasteiger charge is -2.26. The van der Waals surface area contributed by atoms with Crippen LogP contribution in [0.2, 0.25) is 0 Å². The third-order valence-corrected chi connectivity index (χ3v) is 3.14. The minimum Gasteiger partial charge on any atom is -0.388 e. The standard InChI is InChI=1S/C11H22N2/c1-3-10-4-6-11(7-5-10)8-13-9(2)12/h10-11H,3-8H2,1-2H3,(H2,12,13). The summed E-state index contributed by atoms with van der Waals surface area (Å²) in [6, 6.07) is 0. The van der Waals surface area contributed by atoms with Crippen LogP contribution in [0, 0.1) is 11.8 Å². The molecule has 0 amide bonds. The molecule has 0 aromatic heterocycles. The van der Waals surface area contributed by atoms with Crippen molar-refractivity contribution in [3.05, 3.63) is 0 Å². The predicted molar refractivity (Wildman–Crippen MR) is 57.9 cm³/mol. The van der Waals surface area contributed by atoms with Crippen molar-refractivity contribution in [3.8, 4) is 0 Å². The van der Waals surface area contributed by atoms with Crippen LogP contribution in [0.3, 0.4) is 0 Å². The second-order valence-electron chi connectivity index (χ2n) is 4.28. The summed E-state index contributed by atoms with van der Waals surface area (Å²) in [5.74, 6) is 2.53. The van der Waals surface area contributed by atoms with E-state index in [1.165, 1.54) is 32.1 Å². The molecule has 1 rings (SSSR count). The van der Waals surface area contributed by atoms with E-state index in [1.54, 1.807) is 0 Å². The number of hydrogen-bond acceptors (Lipinski definition) is 1. The van der Waals surface area contributed by atoms with Gasteiger partial charge < -0.3 is 5.73 Å². The van der Waals surface area contributed by atoms with Crippen molar-refractivity contribution in [2.75, 3.05) is 6.54 Å². The van der Waals surface area contributed by atoms with Gasteiger partial charge in [-0.3, -0.25) is 4.99 Å². The molecular weight excluding hydrogens is 160 g/mol. The van der Waals surface area contributed by atoms with Crippen molar-refractivity contribution in [2.24, 2.45) is 22.6 Å². The Labute approximate surface area is 81.6 Å². The summed E-state index contributed by atoms with van der Waals surface area (Å²) >= 11 is 0. The lowest BCUT2D eigenvalue weighted by atomic mass is 9.81. The third kappa shape index (κ3) is 3.79. The van der Waals surface area contributed by atoms with Gasteiger partial charge in [0, 0.05) is 6.54 Å². The Kier molecular flexibility index (Phi) is 4.26. The molecule has 0 radical (unpaired) electrons. The monoisotopic (exact) mass is 182 g/mol. The fourth-order valence-corrected chi connectivity index (χ4v) is 2.10. The Hall–Kier alpha value is -0.530. The van der Waals surface area contributed by atoms with Gasteiger partial charge in [0.2, 0.25) is 0 Å². The van der Waals surface area contributed by atoms with E-state index < -0.39 is 0 Å². The van der Waals surface area contributed by atoms with Crippen molar-refractivity contribution in [1.29, 1.82) is 0 Å². The summed E-state index contributed by atoms with van der Waals surface area (Å²) in [7, 11) is 0. The molecule has 0 bridgehead atoms. The van der Waals surface area contributed by atoms with Crippen LogP contribution in [0.25, 0.3) is 0 Å². The number of rotatable bonds is 3. The number of aliphatic imine (C=N–C) groups is 1. The molecule has 1 fully saturated rings. The average Bonchev–Trinajstić information content (AvgIpc) is 2.15. The Morgan fingerprint density at radius 1 is 1.23 bits per heavy atom. The van der Waals surface area contributed by atoms with E-state index in [-0.39, 0.29) is 0 Å². The van der Waals surface area contributed by atoms with Gasteiger partial charge in [0.25, 0.3) is 0 Å². The molecule has 2 nitrogen and oxygen atoms in total. The largest absolute Gasteiger partial charge is 0.388 e. The molecule has 13 heavy (non-hydrogen) atoms. The zero-order valence-corrected chi connectivity index (χ0v) is 8.92. The first-order chi connectivity index (χ1) is 6.22. The highest BCUT2D eigenvalue weighted by Crippen LogP contribution is 2.30. The molecular formula is C11H22N2. The van der Waals surface area contributed by atoms with Gasteiger partial charge in [-0.2, -0.15) is 0 Å². The Morgan fingerprint density at radius 2 is 1.77 bits per heavy atom. The summed E-state index contributed by atoms with van der Waals surface area (Å²) in [5, 5.41) is 0. The lowest BCUT2D eigenvalue weighted by molar-refractivity contribution is 0.274. The first-order valence-electron chi connectivity index (χ1n) is 5.49. The highest BCUT2D eigenvalue weighted by Gasteiger charge is 2.19. The second kappa shape index (κ2) is 5.25. The SMILES string of the molecule is CCC1CCC(CN=C(C)N)CC1. The smallest absolute Gasteiger partial charge is 0.0905 e. The van der Waals surface area contributed by atoms with Gasteiger partial charge in [-0.25, -0.2) is 0 Å². The minimum absolute atomic E-state index is 0.734. The molecule has 1 aliphatic rings. The van der Waals surface area contributed by atoms with E-state index in [0.29, 0.717) is 0 Å². The number of hydrogen-bond donors (Lipinski definition) is 1. The lowest BCUT2D eigenvalue weighted by Crippen LogP contribution is -2.17. The first kappa shape index (κ1) is 10.6. The maximum atomic E-state index is 5.51. The summed E-state index contributed by atoms with van der Waals surface area (Å²) in [6.45, 7) is 5.13. The van der Waals surface area contributed by atoms with Crippen LogP contribution in [0.4, 0.5) is 0 Å². The molecule has 2 N–H and O–H groups in total. The summed E-state index contributed by atoms with van der Waals surface area (Å²) in [5.41, 5.74) is 5.51.